The Hall–Kier alpha value is -7.39. The molecule has 0 atom stereocenters. The molecule has 5 nitrogen and oxygen atoms in total. The maximum Gasteiger partial charge on any atom is 0.0992 e. The number of rotatable bonds is 4. The van der Waals surface area contributed by atoms with E-state index in [1.165, 1.54) is 0 Å². The zero-order valence-corrected chi connectivity index (χ0v) is 26.7. The Morgan fingerprint density at radius 2 is 0.880 bits per heavy atom. The SMILES string of the molecule is N#Cc1ccc(-c2ccc(-c3cccc(-n4c5ccccc5c5cc(C#N)ccc54)c3)cc2)c(-n2c3ccccc3c3cc(C#N)ccc32)c1. The van der Waals surface area contributed by atoms with Crippen molar-refractivity contribution in [3.63, 3.8) is 0 Å². The standard InChI is InChI=1S/C45H25N5/c46-26-29-13-20-43-39(22-29)37-8-1-3-10-41(37)49(43)35-7-5-6-34(25-35)32-15-17-33(18-16-32)36-19-12-31(28-48)24-45(36)50-42-11-4-2-9-38(42)40-23-30(27-47)14-21-44(40)50/h1-25H. The summed E-state index contributed by atoms with van der Waals surface area (Å²) >= 11 is 0. The van der Waals surface area contributed by atoms with E-state index < -0.39 is 0 Å². The molecule has 0 spiro atoms. The molecule has 9 rings (SSSR count). The van der Waals surface area contributed by atoms with Crippen LogP contribution in [0.25, 0.3) is 77.2 Å². The van der Waals surface area contributed by atoms with Crippen molar-refractivity contribution in [2.75, 3.05) is 0 Å². The quantitative estimate of drug-likeness (QED) is 0.193. The first-order chi connectivity index (χ1) is 24.6. The minimum Gasteiger partial charge on any atom is -0.309 e. The Morgan fingerprint density at radius 1 is 0.360 bits per heavy atom. The largest absolute Gasteiger partial charge is 0.309 e. The Labute approximate surface area is 287 Å². The van der Waals surface area contributed by atoms with Gasteiger partial charge in [0.1, 0.15) is 0 Å². The highest BCUT2D eigenvalue weighted by molar-refractivity contribution is 6.11. The molecule has 5 heteroatoms. The van der Waals surface area contributed by atoms with Crippen LogP contribution in [0.3, 0.4) is 0 Å². The lowest BCUT2D eigenvalue weighted by Crippen LogP contribution is -1.98. The van der Waals surface area contributed by atoms with Crippen molar-refractivity contribution in [2.45, 2.75) is 0 Å². The molecule has 7 aromatic carbocycles. The Balaban J connectivity index is 1.16. The number of hydrogen-bond donors (Lipinski definition) is 0. The highest BCUT2D eigenvalue weighted by Gasteiger charge is 2.18. The molecule has 0 aliphatic carbocycles. The molecule has 0 bridgehead atoms. The molecule has 2 aromatic heterocycles. The average Bonchev–Trinajstić information content (AvgIpc) is 3.69. The minimum absolute atomic E-state index is 0.575. The van der Waals surface area contributed by atoms with Gasteiger partial charge in [0.2, 0.25) is 0 Å². The second-order valence-corrected chi connectivity index (χ2v) is 12.4. The highest BCUT2D eigenvalue weighted by Crippen LogP contribution is 2.38. The summed E-state index contributed by atoms with van der Waals surface area (Å²) in [7, 11) is 0. The fraction of sp³-hybridized carbons (Fsp3) is 0. The van der Waals surface area contributed by atoms with Crippen molar-refractivity contribution >= 4 is 43.6 Å². The molecule has 9 aromatic rings. The first-order valence-corrected chi connectivity index (χ1v) is 16.3. The molecule has 0 unspecified atom stereocenters. The molecule has 50 heavy (non-hydrogen) atoms. The van der Waals surface area contributed by atoms with Crippen molar-refractivity contribution in [1.29, 1.82) is 15.8 Å². The molecule has 0 N–H and O–H groups in total. The molecule has 0 saturated heterocycles. The molecule has 0 saturated carbocycles. The van der Waals surface area contributed by atoms with Crippen LogP contribution in [-0.4, -0.2) is 9.13 Å². The summed E-state index contributed by atoms with van der Waals surface area (Å²) in [6, 6.07) is 58.0. The van der Waals surface area contributed by atoms with E-state index in [9.17, 15) is 15.8 Å². The molecule has 0 amide bonds. The first-order valence-electron chi connectivity index (χ1n) is 16.3. The number of fused-ring (bicyclic) bond motifs is 6. The Kier molecular flexibility index (Phi) is 6.56. The maximum atomic E-state index is 9.90. The maximum absolute atomic E-state index is 9.90. The number of nitrogens with zero attached hydrogens (tertiary/aromatic N) is 5. The van der Waals surface area contributed by atoms with E-state index in [1.807, 2.05) is 78.9 Å². The monoisotopic (exact) mass is 635 g/mol. The van der Waals surface area contributed by atoms with Crippen molar-refractivity contribution in [3.8, 4) is 51.8 Å². The van der Waals surface area contributed by atoms with E-state index in [0.717, 1.165) is 77.2 Å². The Bertz CT molecular complexity index is 2960. The molecule has 0 radical (unpaired) electrons. The third-order valence-corrected chi connectivity index (χ3v) is 9.60. The highest BCUT2D eigenvalue weighted by atomic mass is 15.0. The minimum atomic E-state index is 0.575. The summed E-state index contributed by atoms with van der Waals surface area (Å²) in [4.78, 5) is 0. The van der Waals surface area contributed by atoms with Gasteiger partial charge in [0.15, 0.2) is 0 Å². The lowest BCUT2D eigenvalue weighted by molar-refractivity contribution is 1.18. The average molecular weight is 636 g/mol. The van der Waals surface area contributed by atoms with E-state index in [-0.39, 0.29) is 0 Å². The van der Waals surface area contributed by atoms with Crippen LogP contribution in [0, 0.1) is 34.0 Å². The van der Waals surface area contributed by atoms with Gasteiger partial charge in [-0.1, -0.05) is 78.9 Å². The number of para-hydroxylation sites is 2. The third-order valence-electron chi connectivity index (χ3n) is 9.60. The normalized spacial score (nSPS) is 11.1. The van der Waals surface area contributed by atoms with Gasteiger partial charge in [0, 0.05) is 32.8 Å². The van der Waals surface area contributed by atoms with Crippen LogP contribution < -0.4 is 0 Å². The molecule has 0 aliphatic rings. The van der Waals surface area contributed by atoms with E-state index >= 15 is 0 Å². The molecule has 0 aliphatic heterocycles. The van der Waals surface area contributed by atoms with Gasteiger partial charge in [-0.05, 0) is 89.5 Å². The van der Waals surface area contributed by atoms with E-state index in [1.54, 1.807) is 0 Å². The zero-order valence-electron chi connectivity index (χ0n) is 26.7. The van der Waals surface area contributed by atoms with E-state index in [0.29, 0.717) is 16.7 Å². The van der Waals surface area contributed by atoms with Gasteiger partial charge in [-0.2, -0.15) is 15.8 Å². The van der Waals surface area contributed by atoms with Crippen LogP contribution in [-0.2, 0) is 0 Å². The van der Waals surface area contributed by atoms with E-state index in [2.05, 4.69) is 100 Å². The van der Waals surface area contributed by atoms with Gasteiger partial charge in [-0.3, -0.25) is 0 Å². The summed E-state index contributed by atoms with van der Waals surface area (Å²) in [5.41, 5.74) is 12.1. The van der Waals surface area contributed by atoms with Crippen molar-refractivity contribution in [1.82, 2.24) is 9.13 Å². The van der Waals surface area contributed by atoms with Gasteiger partial charge in [0.25, 0.3) is 0 Å². The molecule has 230 valence electrons. The predicted molar refractivity (Wildman–Crippen MR) is 200 cm³/mol. The summed E-state index contributed by atoms with van der Waals surface area (Å²) in [5.74, 6) is 0. The Morgan fingerprint density at radius 3 is 1.52 bits per heavy atom. The number of benzene rings is 7. The molecule has 2 heterocycles. The first kappa shape index (κ1) is 28.8. The second kappa shape index (κ2) is 11.4. The zero-order chi connectivity index (χ0) is 33.8. The molecular formula is C45H25N5. The lowest BCUT2D eigenvalue weighted by atomic mass is 9.97. The topological polar surface area (TPSA) is 81.2 Å². The predicted octanol–water partition coefficient (Wildman–Crippen LogP) is 10.8. The number of aromatic nitrogens is 2. The summed E-state index contributed by atoms with van der Waals surface area (Å²) in [6.07, 6.45) is 0. The van der Waals surface area contributed by atoms with Crippen LogP contribution in [0.15, 0.2) is 152 Å². The third kappa shape index (κ3) is 4.45. The molecular weight excluding hydrogens is 611 g/mol. The van der Waals surface area contributed by atoms with Gasteiger partial charge in [-0.15, -0.1) is 0 Å². The smallest absolute Gasteiger partial charge is 0.0992 e. The fourth-order valence-electron chi connectivity index (χ4n) is 7.32. The fourth-order valence-corrected chi connectivity index (χ4v) is 7.32. The molecule has 0 fully saturated rings. The number of hydrogen-bond acceptors (Lipinski definition) is 3. The van der Waals surface area contributed by atoms with Crippen LogP contribution in [0.4, 0.5) is 0 Å². The van der Waals surface area contributed by atoms with Crippen LogP contribution >= 0.6 is 0 Å². The second-order valence-electron chi connectivity index (χ2n) is 12.4. The van der Waals surface area contributed by atoms with Crippen LogP contribution in [0.2, 0.25) is 0 Å². The van der Waals surface area contributed by atoms with Gasteiger partial charge < -0.3 is 9.13 Å². The summed E-state index contributed by atoms with van der Waals surface area (Å²) in [5, 5.41) is 33.3. The van der Waals surface area contributed by atoms with Crippen molar-refractivity contribution < 1.29 is 0 Å². The van der Waals surface area contributed by atoms with E-state index in [4.69, 9.17) is 0 Å². The van der Waals surface area contributed by atoms with Gasteiger partial charge in [0.05, 0.1) is 62.7 Å². The summed E-state index contributed by atoms with van der Waals surface area (Å²) in [6.45, 7) is 0. The van der Waals surface area contributed by atoms with Crippen LogP contribution in [0.5, 0.6) is 0 Å². The van der Waals surface area contributed by atoms with Crippen molar-refractivity contribution in [3.05, 3.63) is 168 Å². The van der Waals surface area contributed by atoms with Gasteiger partial charge >= 0.3 is 0 Å². The summed E-state index contributed by atoms with van der Waals surface area (Å²) < 4.78 is 4.46. The lowest BCUT2D eigenvalue weighted by Gasteiger charge is -2.15. The van der Waals surface area contributed by atoms with Crippen molar-refractivity contribution in [2.24, 2.45) is 0 Å². The number of nitriles is 3. The van der Waals surface area contributed by atoms with Gasteiger partial charge in [-0.25, -0.2) is 0 Å². The van der Waals surface area contributed by atoms with Crippen LogP contribution in [0.1, 0.15) is 16.7 Å².